The van der Waals surface area contributed by atoms with Crippen LogP contribution in [-0.2, 0) is 17.9 Å². The van der Waals surface area contributed by atoms with Crippen molar-refractivity contribution < 1.29 is 14.3 Å². The summed E-state index contributed by atoms with van der Waals surface area (Å²) in [5.74, 6) is 0.0138. The van der Waals surface area contributed by atoms with Crippen molar-refractivity contribution in [2.45, 2.75) is 19.2 Å². The minimum absolute atomic E-state index is 0.186. The Morgan fingerprint density at radius 2 is 1.81 bits per heavy atom. The Balaban J connectivity index is 1.51. The summed E-state index contributed by atoms with van der Waals surface area (Å²) < 4.78 is 5.60. The number of amides is 2. The second kappa shape index (κ2) is 7.60. The quantitative estimate of drug-likeness (QED) is 0.531. The molecule has 1 aliphatic heterocycles. The third-order valence-corrected chi connectivity index (χ3v) is 5.50. The fourth-order valence-electron chi connectivity index (χ4n) is 4.03. The average molecular weight is 412 g/mol. The Kier molecular flexibility index (Phi) is 4.63. The molecule has 0 saturated carbocycles. The van der Waals surface area contributed by atoms with Crippen LogP contribution in [0.2, 0.25) is 0 Å². The molecule has 7 nitrogen and oxygen atoms in total. The summed E-state index contributed by atoms with van der Waals surface area (Å²) in [6.07, 6.45) is -0.430. The smallest absolute Gasteiger partial charge is 0.411 e. The highest BCUT2D eigenvalue weighted by atomic mass is 16.6. The van der Waals surface area contributed by atoms with Crippen LogP contribution in [0.15, 0.2) is 72.8 Å². The third kappa shape index (κ3) is 3.40. The van der Waals surface area contributed by atoms with Gasteiger partial charge < -0.3 is 15.5 Å². The number of H-pyrrole nitrogens is 1. The predicted molar refractivity (Wildman–Crippen MR) is 115 cm³/mol. The molecule has 2 amide bonds. The number of aromatic nitrogens is 2. The molecule has 154 valence electrons. The molecule has 0 spiro atoms. The highest BCUT2D eigenvalue weighted by Gasteiger charge is 2.37. The van der Waals surface area contributed by atoms with Gasteiger partial charge in [0, 0.05) is 0 Å². The molecule has 5 rings (SSSR count). The molecular formula is C24H20N4O3. The van der Waals surface area contributed by atoms with Gasteiger partial charge in [0.05, 0.1) is 17.6 Å². The van der Waals surface area contributed by atoms with Crippen molar-refractivity contribution in [3.8, 4) is 0 Å². The molecule has 1 aliphatic rings. The number of carbonyl (C=O) groups is 2. The second-order valence-electron chi connectivity index (χ2n) is 7.46. The van der Waals surface area contributed by atoms with E-state index in [0.717, 1.165) is 16.7 Å². The first-order valence-corrected chi connectivity index (χ1v) is 9.95. The number of benzene rings is 3. The van der Waals surface area contributed by atoms with Gasteiger partial charge in [-0.15, -0.1) is 0 Å². The zero-order valence-corrected chi connectivity index (χ0v) is 16.6. The van der Waals surface area contributed by atoms with Crippen molar-refractivity contribution in [2.24, 2.45) is 5.73 Å². The molecule has 4 aromatic rings. The zero-order chi connectivity index (χ0) is 21.4. The number of imidazole rings is 1. The number of ether oxygens (including phenoxy) is 1. The molecule has 0 fully saturated rings. The molecule has 7 heteroatoms. The number of fused-ring (bicyclic) bond motifs is 2. The molecular weight excluding hydrogens is 392 g/mol. The molecule has 0 unspecified atom stereocenters. The van der Waals surface area contributed by atoms with E-state index in [4.69, 9.17) is 10.5 Å². The molecule has 3 N–H and O–H groups in total. The van der Waals surface area contributed by atoms with Crippen LogP contribution in [0, 0.1) is 0 Å². The first-order chi connectivity index (χ1) is 15.1. The number of nitrogens with zero attached hydrogens (tertiary/aromatic N) is 2. The topological polar surface area (TPSA) is 101 Å². The molecule has 1 aromatic heterocycles. The van der Waals surface area contributed by atoms with Crippen LogP contribution in [0.4, 0.5) is 4.79 Å². The largest absolute Gasteiger partial charge is 0.445 e. The van der Waals surface area contributed by atoms with E-state index in [1.165, 1.54) is 0 Å². The summed E-state index contributed by atoms with van der Waals surface area (Å²) in [5.41, 5.74) is 9.94. The van der Waals surface area contributed by atoms with Gasteiger partial charge in [0.25, 0.3) is 5.91 Å². The fourth-order valence-corrected chi connectivity index (χ4v) is 4.03. The molecule has 0 aliphatic carbocycles. The Bertz CT molecular complexity index is 1280. The number of primary amides is 1. The Morgan fingerprint density at radius 3 is 2.61 bits per heavy atom. The van der Waals surface area contributed by atoms with E-state index in [9.17, 15) is 9.59 Å². The van der Waals surface area contributed by atoms with Gasteiger partial charge in [-0.05, 0) is 28.8 Å². The van der Waals surface area contributed by atoms with Crippen molar-refractivity contribution >= 4 is 23.0 Å². The Hall–Kier alpha value is -4.13. The molecule has 31 heavy (non-hydrogen) atoms. The van der Waals surface area contributed by atoms with Crippen LogP contribution < -0.4 is 5.73 Å². The van der Waals surface area contributed by atoms with Gasteiger partial charge in [-0.3, -0.25) is 9.69 Å². The Morgan fingerprint density at radius 1 is 1.03 bits per heavy atom. The van der Waals surface area contributed by atoms with Gasteiger partial charge in [-0.25, -0.2) is 9.78 Å². The van der Waals surface area contributed by atoms with E-state index in [1.54, 1.807) is 17.0 Å². The maximum atomic E-state index is 13.0. The molecule has 1 atom stereocenters. The highest BCUT2D eigenvalue weighted by molar-refractivity contribution is 6.04. The average Bonchev–Trinajstić information content (AvgIpc) is 3.39. The SMILES string of the molecule is NC(=O)c1cccc2[nH]c([C@@H]3c4ccccc4CN3C(=O)OCc3ccccc3)nc12. The Labute approximate surface area is 178 Å². The van der Waals surface area contributed by atoms with Crippen LogP contribution in [0.1, 0.15) is 38.9 Å². The molecule has 0 saturated heterocycles. The number of nitrogens with one attached hydrogen (secondary N) is 1. The first-order valence-electron chi connectivity index (χ1n) is 9.95. The van der Waals surface area contributed by atoms with Crippen molar-refractivity contribution in [3.05, 3.63) is 101 Å². The van der Waals surface area contributed by atoms with Crippen molar-refractivity contribution in [1.82, 2.24) is 14.9 Å². The minimum atomic E-state index is -0.547. The lowest BCUT2D eigenvalue weighted by Gasteiger charge is -2.23. The molecule has 0 radical (unpaired) electrons. The lowest BCUT2D eigenvalue weighted by atomic mass is 10.0. The van der Waals surface area contributed by atoms with Crippen LogP contribution in [0.3, 0.4) is 0 Å². The van der Waals surface area contributed by atoms with E-state index in [2.05, 4.69) is 9.97 Å². The van der Waals surface area contributed by atoms with E-state index in [0.29, 0.717) is 29.0 Å². The van der Waals surface area contributed by atoms with Crippen molar-refractivity contribution in [1.29, 1.82) is 0 Å². The summed E-state index contributed by atoms with van der Waals surface area (Å²) in [5, 5.41) is 0. The summed E-state index contributed by atoms with van der Waals surface area (Å²) in [6, 6.07) is 22.2. The third-order valence-electron chi connectivity index (χ3n) is 5.50. The lowest BCUT2D eigenvalue weighted by molar-refractivity contribution is 0.0876. The summed E-state index contributed by atoms with van der Waals surface area (Å²) in [6.45, 7) is 0.597. The maximum absolute atomic E-state index is 13.0. The minimum Gasteiger partial charge on any atom is -0.445 e. The maximum Gasteiger partial charge on any atom is 0.411 e. The first kappa shape index (κ1) is 18.9. The number of para-hydroxylation sites is 1. The normalized spacial score (nSPS) is 15.1. The van der Waals surface area contributed by atoms with E-state index in [-0.39, 0.29) is 6.61 Å². The number of aromatic amines is 1. The fraction of sp³-hybridized carbons (Fsp3) is 0.125. The van der Waals surface area contributed by atoms with Crippen LogP contribution in [-0.4, -0.2) is 26.9 Å². The predicted octanol–water partition coefficient (Wildman–Crippen LogP) is 3.90. The lowest BCUT2D eigenvalue weighted by Crippen LogP contribution is -2.31. The summed E-state index contributed by atoms with van der Waals surface area (Å²) in [4.78, 5) is 34.4. The van der Waals surface area contributed by atoms with E-state index >= 15 is 0 Å². The van der Waals surface area contributed by atoms with Gasteiger partial charge in [-0.1, -0.05) is 60.7 Å². The molecule has 3 aromatic carbocycles. The monoisotopic (exact) mass is 412 g/mol. The van der Waals surface area contributed by atoms with Crippen LogP contribution >= 0.6 is 0 Å². The zero-order valence-electron chi connectivity index (χ0n) is 16.6. The van der Waals surface area contributed by atoms with Gasteiger partial charge in [0.1, 0.15) is 24.0 Å². The van der Waals surface area contributed by atoms with Crippen LogP contribution in [0.5, 0.6) is 0 Å². The van der Waals surface area contributed by atoms with Crippen LogP contribution in [0.25, 0.3) is 11.0 Å². The van der Waals surface area contributed by atoms with E-state index < -0.39 is 18.0 Å². The molecule has 0 bridgehead atoms. The number of carbonyl (C=O) groups excluding carboxylic acids is 2. The van der Waals surface area contributed by atoms with Gasteiger partial charge in [0.15, 0.2) is 0 Å². The number of hydrogen-bond donors (Lipinski definition) is 2. The number of nitrogens with two attached hydrogens (primary N) is 1. The molecule has 2 heterocycles. The second-order valence-corrected chi connectivity index (χ2v) is 7.46. The number of rotatable bonds is 4. The van der Waals surface area contributed by atoms with Crippen molar-refractivity contribution in [2.75, 3.05) is 0 Å². The summed E-state index contributed by atoms with van der Waals surface area (Å²) in [7, 11) is 0. The van der Waals surface area contributed by atoms with Gasteiger partial charge in [0.2, 0.25) is 0 Å². The van der Waals surface area contributed by atoms with Gasteiger partial charge >= 0.3 is 6.09 Å². The van der Waals surface area contributed by atoms with Crippen molar-refractivity contribution in [3.63, 3.8) is 0 Å². The highest BCUT2D eigenvalue weighted by Crippen LogP contribution is 2.38. The van der Waals surface area contributed by atoms with E-state index in [1.807, 2.05) is 60.7 Å². The summed E-state index contributed by atoms with van der Waals surface area (Å²) >= 11 is 0. The number of hydrogen-bond acceptors (Lipinski definition) is 4. The van der Waals surface area contributed by atoms with Gasteiger partial charge in [-0.2, -0.15) is 0 Å². The standard InChI is InChI=1S/C24H20N4O3/c25-22(29)18-11-6-12-19-20(18)27-23(26-19)21-17-10-5-4-9-16(17)13-28(21)24(30)31-14-15-7-2-1-3-8-15/h1-12,21H,13-14H2,(H2,25,29)(H,26,27)/t21-/m0/s1.